The van der Waals surface area contributed by atoms with Crippen molar-refractivity contribution in [3.05, 3.63) is 60.2 Å². The van der Waals surface area contributed by atoms with Crippen LogP contribution in [0.3, 0.4) is 0 Å². The van der Waals surface area contributed by atoms with E-state index in [4.69, 9.17) is 10.5 Å². The van der Waals surface area contributed by atoms with E-state index in [2.05, 4.69) is 0 Å². The molecule has 0 aliphatic carbocycles. The van der Waals surface area contributed by atoms with Crippen molar-refractivity contribution in [3.63, 3.8) is 0 Å². The number of amides is 1. The van der Waals surface area contributed by atoms with E-state index in [1.807, 2.05) is 42.5 Å². The fourth-order valence-electron chi connectivity index (χ4n) is 2.05. The van der Waals surface area contributed by atoms with E-state index in [9.17, 15) is 4.79 Å². The maximum absolute atomic E-state index is 12.7. The highest BCUT2D eigenvalue weighted by atomic mass is 16.5. The van der Waals surface area contributed by atoms with E-state index in [0.717, 1.165) is 5.69 Å². The number of hydrogen-bond acceptors (Lipinski definition) is 3. The summed E-state index contributed by atoms with van der Waals surface area (Å²) in [5, 5.41) is 0. The van der Waals surface area contributed by atoms with Crippen molar-refractivity contribution in [2.45, 2.75) is 0 Å². The zero-order valence-electron chi connectivity index (χ0n) is 11.5. The summed E-state index contributed by atoms with van der Waals surface area (Å²) in [4.78, 5) is 14.4. The molecule has 0 aromatic heterocycles. The average Bonchev–Trinajstić information content (AvgIpc) is 2.52. The standard InChI is InChI=1S/C16H18N2O2/c1-20-15-10-6-5-9-14(15)16(19)18(12-11-17)13-7-3-2-4-8-13/h2-10H,11-12,17H2,1H3. The van der Waals surface area contributed by atoms with Gasteiger partial charge >= 0.3 is 0 Å². The minimum absolute atomic E-state index is 0.112. The van der Waals surface area contributed by atoms with Gasteiger partial charge in [0.15, 0.2) is 0 Å². The number of rotatable bonds is 5. The Kier molecular flexibility index (Phi) is 4.74. The first-order chi connectivity index (χ1) is 9.77. The van der Waals surface area contributed by atoms with Gasteiger partial charge in [-0.05, 0) is 24.3 Å². The number of anilines is 1. The molecule has 0 radical (unpaired) electrons. The number of nitrogens with zero attached hydrogens (tertiary/aromatic N) is 1. The number of ether oxygens (including phenoxy) is 1. The monoisotopic (exact) mass is 270 g/mol. The van der Waals surface area contributed by atoms with Gasteiger partial charge in [0.25, 0.3) is 5.91 Å². The largest absolute Gasteiger partial charge is 0.496 e. The highest BCUT2D eigenvalue weighted by molar-refractivity contribution is 6.07. The first kappa shape index (κ1) is 14.1. The van der Waals surface area contributed by atoms with Gasteiger partial charge in [0.2, 0.25) is 0 Å². The Balaban J connectivity index is 2.37. The zero-order valence-corrected chi connectivity index (χ0v) is 11.5. The lowest BCUT2D eigenvalue weighted by molar-refractivity contribution is 0.0984. The molecule has 0 saturated heterocycles. The lowest BCUT2D eigenvalue weighted by Crippen LogP contribution is -2.35. The molecule has 2 aromatic carbocycles. The predicted molar refractivity (Wildman–Crippen MR) is 80.2 cm³/mol. The van der Waals surface area contributed by atoms with Crippen molar-refractivity contribution in [2.75, 3.05) is 25.1 Å². The SMILES string of the molecule is COc1ccccc1C(=O)N(CCN)c1ccccc1. The number of benzene rings is 2. The Bertz CT molecular complexity index is 570. The first-order valence-corrected chi connectivity index (χ1v) is 6.48. The summed E-state index contributed by atoms with van der Waals surface area (Å²) in [7, 11) is 1.56. The van der Waals surface area contributed by atoms with Gasteiger partial charge in [-0.15, -0.1) is 0 Å². The van der Waals surface area contributed by atoms with Crippen LogP contribution in [0.25, 0.3) is 0 Å². The van der Waals surface area contributed by atoms with E-state index in [0.29, 0.717) is 24.4 Å². The maximum atomic E-state index is 12.7. The summed E-state index contributed by atoms with van der Waals surface area (Å²) in [6, 6.07) is 16.7. The molecule has 2 aromatic rings. The second kappa shape index (κ2) is 6.73. The number of hydrogen-bond donors (Lipinski definition) is 1. The highest BCUT2D eigenvalue weighted by Crippen LogP contribution is 2.22. The number of methoxy groups -OCH3 is 1. The topological polar surface area (TPSA) is 55.6 Å². The van der Waals surface area contributed by atoms with Crippen LogP contribution in [0.2, 0.25) is 0 Å². The Morgan fingerprint density at radius 1 is 1.10 bits per heavy atom. The van der Waals surface area contributed by atoms with E-state index in [1.165, 1.54) is 0 Å². The molecular weight excluding hydrogens is 252 g/mol. The molecule has 4 nitrogen and oxygen atoms in total. The van der Waals surface area contributed by atoms with Crippen LogP contribution in [-0.4, -0.2) is 26.1 Å². The number of carbonyl (C=O) groups excluding carboxylic acids is 1. The molecule has 0 fully saturated rings. The lowest BCUT2D eigenvalue weighted by Gasteiger charge is -2.23. The van der Waals surface area contributed by atoms with E-state index < -0.39 is 0 Å². The van der Waals surface area contributed by atoms with Crippen molar-refractivity contribution in [3.8, 4) is 5.75 Å². The van der Waals surface area contributed by atoms with Gasteiger partial charge in [-0.25, -0.2) is 0 Å². The molecular formula is C16H18N2O2. The lowest BCUT2D eigenvalue weighted by atomic mass is 10.1. The Morgan fingerprint density at radius 3 is 2.40 bits per heavy atom. The van der Waals surface area contributed by atoms with Crippen molar-refractivity contribution < 1.29 is 9.53 Å². The summed E-state index contributed by atoms with van der Waals surface area (Å²) in [6.07, 6.45) is 0. The summed E-state index contributed by atoms with van der Waals surface area (Å²) in [5.74, 6) is 0.453. The fraction of sp³-hybridized carbons (Fsp3) is 0.188. The molecule has 0 aliphatic rings. The summed E-state index contributed by atoms with van der Waals surface area (Å²) in [5.41, 5.74) is 6.99. The molecule has 0 aliphatic heterocycles. The summed E-state index contributed by atoms with van der Waals surface area (Å²) >= 11 is 0. The molecule has 0 saturated carbocycles. The smallest absolute Gasteiger partial charge is 0.262 e. The molecule has 0 spiro atoms. The van der Waals surface area contributed by atoms with Gasteiger partial charge < -0.3 is 15.4 Å². The highest BCUT2D eigenvalue weighted by Gasteiger charge is 2.19. The van der Waals surface area contributed by atoms with Crippen molar-refractivity contribution in [1.82, 2.24) is 0 Å². The third kappa shape index (κ3) is 2.97. The van der Waals surface area contributed by atoms with Crippen molar-refractivity contribution in [2.24, 2.45) is 5.73 Å². The first-order valence-electron chi connectivity index (χ1n) is 6.48. The molecule has 0 heterocycles. The second-order valence-electron chi connectivity index (χ2n) is 4.28. The van der Waals surface area contributed by atoms with Gasteiger partial charge in [0, 0.05) is 18.8 Å². The molecule has 4 heteroatoms. The summed E-state index contributed by atoms with van der Waals surface area (Å²) in [6.45, 7) is 0.858. The molecule has 2 N–H and O–H groups in total. The quantitative estimate of drug-likeness (QED) is 0.907. The second-order valence-corrected chi connectivity index (χ2v) is 4.28. The summed E-state index contributed by atoms with van der Waals surface area (Å²) < 4.78 is 5.25. The van der Waals surface area contributed by atoms with Crippen LogP contribution in [0.4, 0.5) is 5.69 Å². The van der Waals surface area contributed by atoms with Gasteiger partial charge in [0.05, 0.1) is 12.7 Å². The molecule has 0 unspecified atom stereocenters. The number of para-hydroxylation sites is 2. The Labute approximate surface area is 118 Å². The van der Waals surface area contributed by atoms with E-state index in [1.54, 1.807) is 24.1 Å². The molecule has 1 amide bonds. The van der Waals surface area contributed by atoms with Gasteiger partial charge in [-0.3, -0.25) is 4.79 Å². The minimum atomic E-state index is -0.112. The number of nitrogens with two attached hydrogens (primary N) is 1. The zero-order chi connectivity index (χ0) is 14.4. The van der Waals surface area contributed by atoms with Crippen LogP contribution in [0.5, 0.6) is 5.75 Å². The third-order valence-corrected chi connectivity index (χ3v) is 3.00. The number of carbonyl (C=O) groups is 1. The van der Waals surface area contributed by atoms with Crippen LogP contribution < -0.4 is 15.4 Å². The predicted octanol–water partition coefficient (Wildman–Crippen LogP) is 2.30. The molecule has 2 rings (SSSR count). The molecule has 104 valence electrons. The third-order valence-electron chi connectivity index (χ3n) is 3.00. The Hall–Kier alpha value is -2.33. The molecule has 0 bridgehead atoms. The van der Waals surface area contributed by atoms with Crippen LogP contribution in [0.15, 0.2) is 54.6 Å². The fourth-order valence-corrected chi connectivity index (χ4v) is 2.05. The molecule has 0 atom stereocenters. The van der Waals surface area contributed by atoms with E-state index >= 15 is 0 Å². The van der Waals surface area contributed by atoms with Crippen LogP contribution in [0, 0.1) is 0 Å². The van der Waals surface area contributed by atoms with E-state index in [-0.39, 0.29) is 5.91 Å². The normalized spacial score (nSPS) is 10.1. The van der Waals surface area contributed by atoms with Crippen molar-refractivity contribution >= 4 is 11.6 Å². The van der Waals surface area contributed by atoms with Crippen LogP contribution in [0.1, 0.15) is 10.4 Å². The maximum Gasteiger partial charge on any atom is 0.262 e. The Morgan fingerprint density at radius 2 is 1.75 bits per heavy atom. The van der Waals surface area contributed by atoms with Gasteiger partial charge in [0.1, 0.15) is 5.75 Å². The van der Waals surface area contributed by atoms with Gasteiger partial charge in [-0.1, -0.05) is 30.3 Å². The van der Waals surface area contributed by atoms with Crippen LogP contribution >= 0.6 is 0 Å². The minimum Gasteiger partial charge on any atom is -0.496 e. The average molecular weight is 270 g/mol. The van der Waals surface area contributed by atoms with Gasteiger partial charge in [-0.2, -0.15) is 0 Å². The van der Waals surface area contributed by atoms with Crippen molar-refractivity contribution in [1.29, 1.82) is 0 Å². The molecule has 20 heavy (non-hydrogen) atoms. The van der Waals surface area contributed by atoms with Crippen LogP contribution in [-0.2, 0) is 0 Å².